The number of hydrogen-bond acceptors (Lipinski definition) is 3. The summed E-state index contributed by atoms with van der Waals surface area (Å²) in [7, 11) is 0. The minimum atomic E-state index is -1.07. The molecule has 0 aliphatic carbocycles. The highest BCUT2D eigenvalue weighted by atomic mass is 16.4. The number of hydrogen-bond donors (Lipinski definition) is 3. The maximum atomic E-state index is 12.1. The summed E-state index contributed by atoms with van der Waals surface area (Å²) < 4.78 is 0. The molecular formula is C12H21N3O4. The summed E-state index contributed by atoms with van der Waals surface area (Å²) in [4.78, 5) is 36.2. The van der Waals surface area contributed by atoms with Crippen molar-refractivity contribution in [2.24, 2.45) is 5.92 Å². The standard InChI is InChI=1S/C12H21N3O4/c1-4-8-10(16)13-5-6-15(8)12(19)14-9(7(2)3)11(17)18/h7-9H,4-6H2,1-3H3,(H,13,16)(H,14,19)(H,17,18)/t8?,9-/m1/s1. The second kappa shape index (κ2) is 6.40. The van der Waals surface area contributed by atoms with Crippen molar-refractivity contribution < 1.29 is 19.5 Å². The van der Waals surface area contributed by atoms with Gasteiger partial charge in [-0.15, -0.1) is 0 Å². The molecule has 0 aromatic heterocycles. The van der Waals surface area contributed by atoms with E-state index in [4.69, 9.17) is 5.11 Å². The third-order valence-corrected chi connectivity index (χ3v) is 3.19. The number of aliphatic carboxylic acids is 1. The quantitative estimate of drug-likeness (QED) is 0.671. The summed E-state index contributed by atoms with van der Waals surface area (Å²) in [5.41, 5.74) is 0. The summed E-state index contributed by atoms with van der Waals surface area (Å²) in [6.45, 7) is 6.04. The Bertz CT molecular complexity index is 370. The fourth-order valence-corrected chi connectivity index (χ4v) is 2.09. The van der Waals surface area contributed by atoms with Gasteiger partial charge >= 0.3 is 12.0 Å². The highest BCUT2D eigenvalue weighted by Gasteiger charge is 2.34. The Kier molecular flexibility index (Phi) is 5.14. The van der Waals surface area contributed by atoms with E-state index in [9.17, 15) is 14.4 Å². The van der Waals surface area contributed by atoms with Crippen LogP contribution in [0.1, 0.15) is 27.2 Å². The molecule has 1 fully saturated rings. The Morgan fingerprint density at radius 3 is 2.63 bits per heavy atom. The SMILES string of the molecule is CCC1C(=O)NCCN1C(=O)N[C@@H](C(=O)O)C(C)C. The summed E-state index contributed by atoms with van der Waals surface area (Å²) >= 11 is 0. The van der Waals surface area contributed by atoms with E-state index in [-0.39, 0.29) is 11.8 Å². The smallest absolute Gasteiger partial charge is 0.326 e. The van der Waals surface area contributed by atoms with Crippen molar-refractivity contribution in [1.29, 1.82) is 0 Å². The number of carboxylic acid groups (broad SMARTS) is 1. The van der Waals surface area contributed by atoms with Gasteiger partial charge in [-0.05, 0) is 12.3 Å². The van der Waals surface area contributed by atoms with Gasteiger partial charge in [0.05, 0.1) is 0 Å². The van der Waals surface area contributed by atoms with Crippen molar-refractivity contribution >= 4 is 17.9 Å². The van der Waals surface area contributed by atoms with Crippen LogP contribution in [-0.2, 0) is 9.59 Å². The molecule has 3 amide bonds. The number of nitrogens with one attached hydrogen (secondary N) is 2. The Morgan fingerprint density at radius 2 is 2.16 bits per heavy atom. The number of carbonyl (C=O) groups is 3. The zero-order valence-corrected chi connectivity index (χ0v) is 11.5. The zero-order valence-electron chi connectivity index (χ0n) is 11.5. The van der Waals surface area contributed by atoms with Crippen LogP contribution in [0.25, 0.3) is 0 Å². The molecule has 0 aromatic rings. The molecule has 1 aliphatic rings. The number of carboxylic acids is 1. The third kappa shape index (κ3) is 3.59. The van der Waals surface area contributed by atoms with Crippen molar-refractivity contribution in [3.63, 3.8) is 0 Å². The zero-order chi connectivity index (χ0) is 14.6. The van der Waals surface area contributed by atoms with Crippen LogP contribution in [0.3, 0.4) is 0 Å². The van der Waals surface area contributed by atoms with Gasteiger partial charge in [0.1, 0.15) is 12.1 Å². The summed E-state index contributed by atoms with van der Waals surface area (Å²) in [5.74, 6) is -1.49. The molecule has 2 atom stereocenters. The van der Waals surface area contributed by atoms with Crippen LogP contribution in [0, 0.1) is 5.92 Å². The number of piperazine rings is 1. The Morgan fingerprint density at radius 1 is 1.53 bits per heavy atom. The maximum absolute atomic E-state index is 12.1. The lowest BCUT2D eigenvalue weighted by Crippen LogP contribution is -2.61. The number of amides is 3. The Labute approximate surface area is 112 Å². The second-order valence-corrected chi connectivity index (χ2v) is 4.92. The first-order valence-electron chi connectivity index (χ1n) is 6.46. The van der Waals surface area contributed by atoms with Crippen LogP contribution in [0.2, 0.25) is 0 Å². The van der Waals surface area contributed by atoms with Gasteiger partial charge in [0.15, 0.2) is 0 Å². The molecule has 1 heterocycles. The highest BCUT2D eigenvalue weighted by Crippen LogP contribution is 2.10. The normalized spacial score (nSPS) is 20.9. The molecular weight excluding hydrogens is 250 g/mol. The number of carbonyl (C=O) groups excluding carboxylic acids is 2. The predicted molar refractivity (Wildman–Crippen MR) is 68.6 cm³/mol. The molecule has 7 nitrogen and oxygen atoms in total. The average Bonchev–Trinajstić information content (AvgIpc) is 2.34. The molecule has 0 saturated carbocycles. The van der Waals surface area contributed by atoms with Crippen molar-refractivity contribution in [3.05, 3.63) is 0 Å². The van der Waals surface area contributed by atoms with Crippen LogP contribution in [0.5, 0.6) is 0 Å². The minimum absolute atomic E-state index is 0.194. The van der Waals surface area contributed by atoms with Crippen molar-refractivity contribution in [1.82, 2.24) is 15.5 Å². The van der Waals surface area contributed by atoms with Crippen LogP contribution in [0.4, 0.5) is 4.79 Å². The monoisotopic (exact) mass is 271 g/mol. The molecule has 1 rings (SSSR count). The third-order valence-electron chi connectivity index (χ3n) is 3.19. The van der Waals surface area contributed by atoms with Gasteiger partial charge in [0.25, 0.3) is 0 Å². The van der Waals surface area contributed by atoms with Crippen molar-refractivity contribution in [2.45, 2.75) is 39.3 Å². The van der Waals surface area contributed by atoms with Crippen LogP contribution in [-0.4, -0.2) is 53.1 Å². The fourth-order valence-electron chi connectivity index (χ4n) is 2.09. The summed E-state index contributed by atoms with van der Waals surface area (Å²) in [6.07, 6.45) is 0.499. The molecule has 1 aliphatic heterocycles. The van der Waals surface area contributed by atoms with E-state index in [1.165, 1.54) is 4.90 Å². The molecule has 0 radical (unpaired) electrons. The lowest BCUT2D eigenvalue weighted by Gasteiger charge is -2.35. The van der Waals surface area contributed by atoms with Crippen molar-refractivity contribution in [3.8, 4) is 0 Å². The molecule has 1 unspecified atom stereocenters. The first-order chi connectivity index (χ1) is 8.88. The predicted octanol–water partition coefficient (Wildman–Crippen LogP) is 0.0156. The Balaban J connectivity index is 2.75. The minimum Gasteiger partial charge on any atom is -0.480 e. The van der Waals surface area contributed by atoms with Gasteiger partial charge in [-0.1, -0.05) is 20.8 Å². The lowest BCUT2D eigenvalue weighted by atomic mass is 10.0. The molecule has 1 saturated heterocycles. The first kappa shape index (κ1) is 15.3. The fraction of sp³-hybridized carbons (Fsp3) is 0.750. The van der Waals surface area contributed by atoms with Crippen LogP contribution in [0.15, 0.2) is 0 Å². The summed E-state index contributed by atoms with van der Waals surface area (Å²) in [5, 5.41) is 14.2. The van der Waals surface area contributed by atoms with Gasteiger partial charge in [-0.25, -0.2) is 9.59 Å². The first-order valence-corrected chi connectivity index (χ1v) is 6.46. The number of rotatable bonds is 4. The van der Waals surface area contributed by atoms with Crippen LogP contribution < -0.4 is 10.6 Å². The second-order valence-electron chi connectivity index (χ2n) is 4.92. The topological polar surface area (TPSA) is 98.7 Å². The summed E-state index contributed by atoms with van der Waals surface area (Å²) in [6, 6.07) is -1.98. The molecule has 108 valence electrons. The van der Waals surface area contributed by atoms with E-state index in [1.54, 1.807) is 13.8 Å². The van der Waals surface area contributed by atoms with Crippen molar-refractivity contribution in [2.75, 3.05) is 13.1 Å². The molecule has 0 bridgehead atoms. The molecule has 19 heavy (non-hydrogen) atoms. The maximum Gasteiger partial charge on any atom is 0.326 e. The Hall–Kier alpha value is -1.79. The van der Waals surface area contributed by atoms with Gasteiger partial charge in [-0.3, -0.25) is 4.79 Å². The van der Waals surface area contributed by atoms with E-state index in [0.717, 1.165) is 0 Å². The van der Waals surface area contributed by atoms with E-state index in [0.29, 0.717) is 19.5 Å². The van der Waals surface area contributed by atoms with E-state index < -0.39 is 24.1 Å². The number of nitrogens with zero attached hydrogens (tertiary/aromatic N) is 1. The van der Waals surface area contributed by atoms with E-state index in [2.05, 4.69) is 10.6 Å². The average molecular weight is 271 g/mol. The van der Waals surface area contributed by atoms with Gasteiger partial charge in [-0.2, -0.15) is 0 Å². The van der Waals surface area contributed by atoms with E-state index in [1.807, 2.05) is 6.92 Å². The largest absolute Gasteiger partial charge is 0.480 e. The van der Waals surface area contributed by atoms with Gasteiger partial charge in [0.2, 0.25) is 5.91 Å². The van der Waals surface area contributed by atoms with E-state index >= 15 is 0 Å². The molecule has 0 spiro atoms. The molecule has 0 aromatic carbocycles. The lowest BCUT2D eigenvalue weighted by molar-refractivity contribution is -0.140. The van der Waals surface area contributed by atoms with Crippen LogP contribution >= 0.6 is 0 Å². The molecule has 7 heteroatoms. The number of urea groups is 1. The van der Waals surface area contributed by atoms with Gasteiger partial charge in [0, 0.05) is 13.1 Å². The van der Waals surface area contributed by atoms with Gasteiger partial charge < -0.3 is 20.6 Å². The molecule has 3 N–H and O–H groups in total. The highest BCUT2D eigenvalue weighted by molar-refractivity contribution is 5.89.